The molecule has 0 radical (unpaired) electrons. The summed E-state index contributed by atoms with van der Waals surface area (Å²) in [4.78, 5) is 11.8. The third kappa shape index (κ3) is 2.99. The number of nitrogens with one attached hydrogen (secondary N) is 1. The topological polar surface area (TPSA) is 29.1 Å². The van der Waals surface area contributed by atoms with Crippen LogP contribution in [0.25, 0.3) is 0 Å². The minimum Gasteiger partial charge on any atom is -0.323 e. The summed E-state index contributed by atoms with van der Waals surface area (Å²) in [6, 6.07) is 9.00. The van der Waals surface area contributed by atoms with Crippen molar-refractivity contribution in [2.75, 3.05) is 5.32 Å². The molecule has 1 amide bonds. The highest BCUT2D eigenvalue weighted by Gasteiger charge is 2.15. The molecule has 0 saturated carbocycles. The number of amides is 1. The monoisotopic (exact) mass is 279 g/mol. The van der Waals surface area contributed by atoms with Gasteiger partial charge in [-0.3, -0.25) is 4.79 Å². The number of anilines is 1. The van der Waals surface area contributed by atoms with Crippen LogP contribution in [-0.2, 0) is 11.2 Å². The molecule has 0 fully saturated rings. The Hall–Kier alpha value is -2.30. The fourth-order valence-electron chi connectivity index (χ4n) is 1.80. The Kier molecular flexibility index (Phi) is 4.08. The maximum absolute atomic E-state index is 13.4. The number of halogens is 3. The number of rotatable bonds is 3. The molecule has 0 spiro atoms. The van der Waals surface area contributed by atoms with Gasteiger partial charge in [0.1, 0.15) is 0 Å². The largest absolute Gasteiger partial charge is 0.323 e. The zero-order chi connectivity index (χ0) is 14.7. The fourth-order valence-corrected chi connectivity index (χ4v) is 1.80. The summed E-state index contributed by atoms with van der Waals surface area (Å²) in [5, 5.41) is 2.23. The second-order valence-corrected chi connectivity index (χ2v) is 4.37. The van der Waals surface area contributed by atoms with Gasteiger partial charge in [0.25, 0.3) is 0 Å². The highest BCUT2D eigenvalue weighted by atomic mass is 19.2. The second-order valence-electron chi connectivity index (χ2n) is 4.37. The Morgan fingerprint density at radius 1 is 1.05 bits per heavy atom. The Bertz CT molecular complexity index is 656. The van der Waals surface area contributed by atoms with Gasteiger partial charge in [-0.05, 0) is 30.2 Å². The molecular weight excluding hydrogens is 267 g/mol. The summed E-state index contributed by atoms with van der Waals surface area (Å²) in [5.41, 5.74) is 1.34. The van der Waals surface area contributed by atoms with E-state index in [4.69, 9.17) is 0 Å². The second kappa shape index (κ2) is 5.77. The summed E-state index contributed by atoms with van der Waals surface area (Å²) in [5.74, 6) is -4.79. The molecule has 0 atom stereocenters. The van der Waals surface area contributed by atoms with Gasteiger partial charge in [0.15, 0.2) is 17.5 Å². The molecule has 2 aromatic carbocycles. The van der Waals surface area contributed by atoms with E-state index in [9.17, 15) is 18.0 Å². The van der Waals surface area contributed by atoms with Crippen molar-refractivity contribution in [3.8, 4) is 0 Å². The zero-order valence-electron chi connectivity index (χ0n) is 10.7. The van der Waals surface area contributed by atoms with Crippen LogP contribution in [0.4, 0.5) is 18.9 Å². The van der Waals surface area contributed by atoms with Gasteiger partial charge >= 0.3 is 0 Å². The molecule has 20 heavy (non-hydrogen) atoms. The van der Waals surface area contributed by atoms with Crippen molar-refractivity contribution in [1.29, 1.82) is 0 Å². The zero-order valence-corrected chi connectivity index (χ0v) is 10.7. The molecule has 104 valence electrons. The molecule has 0 aliphatic carbocycles. The molecule has 0 heterocycles. The Labute approximate surface area is 114 Å². The highest BCUT2D eigenvalue weighted by molar-refractivity contribution is 5.92. The quantitative estimate of drug-likeness (QED) is 0.855. The maximum atomic E-state index is 13.4. The third-order valence-electron chi connectivity index (χ3n) is 2.92. The average Bonchev–Trinajstić information content (AvgIpc) is 2.42. The van der Waals surface area contributed by atoms with Crippen LogP contribution in [0.3, 0.4) is 0 Å². The minimum absolute atomic E-state index is 0.0328. The number of carbonyl (C=O) groups excluding carboxylic acids is 1. The molecule has 0 aliphatic heterocycles. The van der Waals surface area contributed by atoms with Gasteiger partial charge in [0.2, 0.25) is 5.91 Å². The molecule has 0 saturated heterocycles. The van der Waals surface area contributed by atoms with E-state index in [-0.39, 0.29) is 12.1 Å². The molecule has 0 aromatic heterocycles. The number of carbonyl (C=O) groups is 1. The van der Waals surface area contributed by atoms with E-state index in [1.807, 2.05) is 19.1 Å². The van der Waals surface area contributed by atoms with Gasteiger partial charge in [-0.1, -0.05) is 24.3 Å². The fraction of sp³-hybridized carbons (Fsp3) is 0.133. The summed E-state index contributed by atoms with van der Waals surface area (Å²) >= 11 is 0. The van der Waals surface area contributed by atoms with Crippen LogP contribution in [0.15, 0.2) is 36.4 Å². The lowest BCUT2D eigenvalue weighted by molar-refractivity contribution is -0.115. The van der Waals surface area contributed by atoms with E-state index in [0.717, 1.165) is 23.3 Å². The highest BCUT2D eigenvalue weighted by Crippen LogP contribution is 2.20. The molecule has 0 bridgehead atoms. The van der Waals surface area contributed by atoms with Crippen molar-refractivity contribution in [2.45, 2.75) is 13.3 Å². The molecular formula is C15H12F3NO. The predicted molar refractivity (Wildman–Crippen MR) is 69.8 cm³/mol. The minimum atomic E-state index is -1.60. The summed E-state index contributed by atoms with van der Waals surface area (Å²) in [6.07, 6.45) is 0.0328. The smallest absolute Gasteiger partial charge is 0.228 e. The first-order chi connectivity index (χ1) is 9.49. The normalized spacial score (nSPS) is 10.4. The molecule has 0 aliphatic rings. The van der Waals surface area contributed by atoms with Gasteiger partial charge in [0, 0.05) is 0 Å². The summed E-state index contributed by atoms with van der Waals surface area (Å²) < 4.78 is 39.2. The van der Waals surface area contributed by atoms with Crippen molar-refractivity contribution in [3.05, 3.63) is 65.0 Å². The SMILES string of the molecule is Cc1ccccc1CC(=O)Nc1ccc(F)c(F)c1F. The van der Waals surface area contributed by atoms with E-state index < -0.39 is 23.4 Å². The lowest BCUT2D eigenvalue weighted by Crippen LogP contribution is -2.16. The Morgan fingerprint density at radius 3 is 2.45 bits per heavy atom. The van der Waals surface area contributed by atoms with E-state index in [1.54, 1.807) is 12.1 Å². The van der Waals surface area contributed by atoms with Crippen molar-refractivity contribution < 1.29 is 18.0 Å². The molecule has 5 heteroatoms. The summed E-state index contributed by atoms with van der Waals surface area (Å²) in [7, 11) is 0. The van der Waals surface area contributed by atoms with Crippen molar-refractivity contribution in [2.24, 2.45) is 0 Å². The Morgan fingerprint density at radius 2 is 1.75 bits per heavy atom. The molecule has 2 nitrogen and oxygen atoms in total. The van der Waals surface area contributed by atoms with E-state index >= 15 is 0 Å². The first-order valence-electron chi connectivity index (χ1n) is 5.97. The van der Waals surface area contributed by atoms with Crippen LogP contribution >= 0.6 is 0 Å². The number of hydrogen-bond acceptors (Lipinski definition) is 1. The number of aryl methyl sites for hydroxylation is 1. The molecule has 1 N–H and O–H groups in total. The molecule has 2 aromatic rings. The van der Waals surface area contributed by atoms with E-state index in [1.165, 1.54) is 0 Å². The number of benzene rings is 2. The van der Waals surface area contributed by atoms with Gasteiger partial charge in [-0.15, -0.1) is 0 Å². The van der Waals surface area contributed by atoms with Crippen LogP contribution in [0.2, 0.25) is 0 Å². The predicted octanol–water partition coefficient (Wildman–Crippen LogP) is 3.59. The van der Waals surface area contributed by atoms with Gasteiger partial charge < -0.3 is 5.32 Å². The third-order valence-corrected chi connectivity index (χ3v) is 2.92. The lowest BCUT2D eigenvalue weighted by Gasteiger charge is -2.08. The molecule has 0 unspecified atom stereocenters. The van der Waals surface area contributed by atoms with Gasteiger partial charge in [-0.2, -0.15) is 0 Å². The van der Waals surface area contributed by atoms with Gasteiger partial charge in [0.05, 0.1) is 12.1 Å². The molecule has 2 rings (SSSR count). The average molecular weight is 279 g/mol. The van der Waals surface area contributed by atoms with Crippen LogP contribution in [0.1, 0.15) is 11.1 Å². The number of hydrogen-bond donors (Lipinski definition) is 1. The van der Waals surface area contributed by atoms with Crippen molar-refractivity contribution >= 4 is 11.6 Å². The van der Waals surface area contributed by atoms with Crippen LogP contribution in [-0.4, -0.2) is 5.91 Å². The maximum Gasteiger partial charge on any atom is 0.228 e. The van der Waals surface area contributed by atoms with E-state index in [2.05, 4.69) is 5.32 Å². The first kappa shape index (κ1) is 14.1. The van der Waals surface area contributed by atoms with Crippen LogP contribution < -0.4 is 5.32 Å². The van der Waals surface area contributed by atoms with Gasteiger partial charge in [-0.25, -0.2) is 13.2 Å². The summed E-state index contributed by atoms with van der Waals surface area (Å²) in [6.45, 7) is 1.85. The Balaban J connectivity index is 2.13. The van der Waals surface area contributed by atoms with Crippen LogP contribution in [0, 0.1) is 24.4 Å². The van der Waals surface area contributed by atoms with E-state index in [0.29, 0.717) is 0 Å². The van der Waals surface area contributed by atoms with Crippen molar-refractivity contribution in [1.82, 2.24) is 0 Å². The lowest BCUT2D eigenvalue weighted by atomic mass is 10.1. The van der Waals surface area contributed by atoms with Crippen molar-refractivity contribution in [3.63, 3.8) is 0 Å². The van der Waals surface area contributed by atoms with Crippen LogP contribution in [0.5, 0.6) is 0 Å². The standard InChI is InChI=1S/C15H12F3NO/c1-9-4-2-3-5-10(9)8-13(20)19-12-7-6-11(16)14(17)15(12)18/h2-7H,8H2,1H3,(H,19,20). The first-order valence-corrected chi connectivity index (χ1v) is 5.97.